The van der Waals surface area contributed by atoms with E-state index in [2.05, 4.69) is 190 Å². The standard InChI is InChI=1S/C28H44O4S.C28H44O3S.CH29BP27.Y/c1-19(9-8-16-33(31,32)27(3,4)5)24-13-14-25-21(10-7-15-28(24,25)6)11-12-22-17-23(29)18-26(30)20(22)2;1-20-11-14-24(29)19-23(20)13-12-22-10-7-17-28(6)25(15-16-26(22)28)21(2)9-8-18-32(30,31)27(3,4)5;2-17-28(25(11)12)20(29(26(13)14)27(15)16)1(18(21(3)4)22(5)6)19(23(7)8)24(9)10;/h8,11-12,16,19,23-26,29-30H,2,7,9-10,13-15,17-18H2,1,3-6H3;8,12-13,18,21,24-26,29H,1,7,9-11,14-17,19H2,2-6H3;17H,3-16H2;/q;;-1;/b16-8+,21-11+,22-12-;18-8+,22-12+,23-13-;;/t19-,23-,24?,25+,26+,28-;21-,24+,25?,26+,28-;;/m11../s1. The summed E-state index contributed by atoms with van der Waals surface area (Å²) < 4.78 is 48.2. The van der Waals surface area contributed by atoms with Crippen LogP contribution in [0.4, 0.5) is 0 Å². The summed E-state index contributed by atoms with van der Waals surface area (Å²) in [6.45, 7) is 27.1. The Labute approximate surface area is 654 Å². The van der Waals surface area contributed by atoms with Crippen LogP contribution >= 0.6 is 218 Å². The van der Waals surface area contributed by atoms with E-state index in [1.54, 1.807) is 47.1 Å². The van der Waals surface area contributed by atoms with E-state index < -0.39 is 41.4 Å². The Bertz CT molecular complexity index is 2890. The first-order chi connectivity index (χ1) is 43.3. The van der Waals surface area contributed by atoms with Crippen molar-refractivity contribution in [2.75, 3.05) is 0 Å². The summed E-state index contributed by atoms with van der Waals surface area (Å²) in [7, 11) is 45.3. The van der Waals surface area contributed by atoms with E-state index in [1.165, 1.54) is 85.3 Å². The molecule has 6 aliphatic rings. The average Bonchev–Trinajstić information content (AvgIpc) is 1.69. The molecule has 0 aliphatic heterocycles. The van der Waals surface area contributed by atoms with Crippen molar-refractivity contribution in [3.8, 4) is 0 Å². The smallest absolute Gasteiger partial charge is 0.176 e. The van der Waals surface area contributed by atoms with Crippen LogP contribution in [0.3, 0.4) is 0 Å². The van der Waals surface area contributed by atoms with E-state index in [0.717, 1.165) is 49.7 Å². The van der Waals surface area contributed by atoms with Crippen molar-refractivity contribution in [3.63, 3.8) is 0 Å². The molecule has 0 heterocycles. The first-order valence-corrected chi connectivity index (χ1v) is 81.9. The van der Waals surface area contributed by atoms with Crippen molar-refractivity contribution in [1.29, 1.82) is 0 Å². The van der Waals surface area contributed by atoms with Crippen molar-refractivity contribution in [3.05, 3.63) is 99.0 Å². The minimum Gasteiger partial charge on any atom is -0.393 e. The molecule has 0 bridgehead atoms. The zero-order chi connectivity index (χ0) is 71.6. The molecule has 541 valence electrons. The van der Waals surface area contributed by atoms with Crippen LogP contribution < -0.4 is 0 Å². The summed E-state index contributed by atoms with van der Waals surface area (Å²) in [5.74, 6) is 3.27. The van der Waals surface area contributed by atoms with Crippen molar-refractivity contribution >= 4 is 245 Å². The molecule has 95 heavy (non-hydrogen) atoms. The Kier molecular flexibility index (Phi) is 47.9. The summed E-state index contributed by atoms with van der Waals surface area (Å²) in [5.41, 5.74) is 7.69. The number of sulfone groups is 2. The molecule has 0 aromatic rings. The van der Waals surface area contributed by atoms with E-state index >= 15 is 0 Å². The number of rotatable bonds is 23. The molecule has 0 spiro atoms. The first kappa shape index (κ1) is 99.7. The Morgan fingerprint density at radius 1 is 0.579 bits per heavy atom. The quantitative estimate of drug-likeness (QED) is 0.0528. The first-order valence-electron chi connectivity index (χ1n) is 31.7. The van der Waals surface area contributed by atoms with Gasteiger partial charge in [0.2, 0.25) is 0 Å². The summed E-state index contributed by atoms with van der Waals surface area (Å²) in [6, 6.07) is 0. The van der Waals surface area contributed by atoms with Crippen LogP contribution in [0.15, 0.2) is 93.9 Å². The third kappa shape index (κ3) is 28.7. The number of allylic oxidation sites excluding steroid dienone is 9. The van der Waals surface area contributed by atoms with Gasteiger partial charge in [0.05, 0.1) is 27.8 Å². The van der Waals surface area contributed by atoms with E-state index in [4.69, 9.17) is 7.57 Å². The zero-order valence-corrected chi connectivity index (χ0v) is 90.0. The number of fused-ring (bicyclic) bond motifs is 2. The van der Waals surface area contributed by atoms with E-state index in [-0.39, 0.29) is 129 Å². The van der Waals surface area contributed by atoms with Gasteiger partial charge in [0.1, 0.15) is 7.57 Å². The number of hydrogen-bond donors (Lipinski definition) is 3. The molecule has 0 aromatic heterocycles. The van der Waals surface area contributed by atoms with Crippen LogP contribution in [0.25, 0.3) is 0 Å². The second-order valence-corrected chi connectivity index (χ2v) is 132. The normalized spacial score (nSPS) is 29.9. The molecule has 28 atom stereocenters. The summed E-state index contributed by atoms with van der Waals surface area (Å²) in [4.78, 5) is 0. The summed E-state index contributed by atoms with van der Waals surface area (Å²) >= 11 is 0. The van der Waals surface area contributed by atoms with Crippen molar-refractivity contribution in [2.45, 2.75) is 206 Å². The van der Waals surface area contributed by atoms with Gasteiger partial charge in [-0.25, -0.2) is 22.0 Å². The predicted molar refractivity (Wildman–Crippen MR) is 508 cm³/mol. The molecule has 0 saturated heterocycles. The van der Waals surface area contributed by atoms with Gasteiger partial charge in [-0.1, -0.05) is 129 Å². The Hall–Kier alpha value is 10.5. The van der Waals surface area contributed by atoms with E-state index in [9.17, 15) is 32.2 Å². The number of aliphatic hydroxyl groups excluding tert-OH is 3. The predicted octanol–water partition coefficient (Wildman–Crippen LogP) is 28.0. The maximum Gasteiger partial charge on any atom is 0.176 e. The molecular weight excluding hydrogens is 1800 g/mol. The fourth-order valence-electron chi connectivity index (χ4n) is 14.5. The number of aliphatic hydroxyl groups is 3. The van der Waals surface area contributed by atoms with Crippen LogP contribution in [-0.2, 0) is 52.4 Å². The van der Waals surface area contributed by atoms with Gasteiger partial charge in [0, 0.05) is 49.9 Å². The topological polar surface area (TPSA) is 129 Å². The SMILES string of the molecule is C=C1/C(=C\C=C2/CCC[C@]3(C)C([C@H](C)C/C=C/S(=O)(=O)C(C)(C)C)CC[C@@H]23)C[C@@H](O)C[C@@H]1O.C=C1CC[C@H](O)C/C1=C/C=C1\CCC[C@]2(C)C([C@H](C)C/C=C/S(=O)(=O)C(C)(C)C)CC[C@@H]12.[B]PP(P(P)P)P([C-](P(P(P)P)P(P)P)P(P(P)P)P(P)P)P(P(P)P)P(P)P.[Y]. The van der Waals surface area contributed by atoms with Crippen LogP contribution in [0.1, 0.15) is 178 Å². The van der Waals surface area contributed by atoms with Gasteiger partial charge in [-0.15, -0.1) is 133 Å². The monoisotopic (exact) mass is 1910 g/mol. The molecular formula is C57H117BO7P27S2Y-. The largest absolute Gasteiger partial charge is 0.393 e. The molecule has 7 nitrogen and oxygen atoms in total. The van der Waals surface area contributed by atoms with Gasteiger partial charge in [0.25, 0.3) is 0 Å². The van der Waals surface area contributed by atoms with Gasteiger partial charge in [-0.05, 0) is 235 Å². The molecule has 3 N–H and O–H groups in total. The zero-order valence-electron chi connectivity index (χ0n) is 57.6. The van der Waals surface area contributed by atoms with Gasteiger partial charge in [-0.3, -0.25) is 0 Å². The minimum absolute atomic E-state index is 0. The molecule has 6 fully saturated rings. The van der Waals surface area contributed by atoms with Crippen molar-refractivity contribution < 1.29 is 64.9 Å². The van der Waals surface area contributed by atoms with Gasteiger partial charge in [0.15, 0.2) is 19.7 Å². The van der Waals surface area contributed by atoms with Crippen LogP contribution in [-0.4, -0.2) is 67.5 Å². The Balaban J connectivity index is 0.000000371. The molecule has 0 amide bonds. The third-order valence-corrected chi connectivity index (χ3v) is 155. The fourth-order valence-corrected chi connectivity index (χ4v) is 240. The van der Waals surface area contributed by atoms with E-state index in [1.807, 2.05) is 17.3 Å². The molecule has 6 aliphatic carbocycles. The minimum atomic E-state index is -3.23. The van der Waals surface area contributed by atoms with Gasteiger partial charge in [-0.2, -0.15) is 21.9 Å². The summed E-state index contributed by atoms with van der Waals surface area (Å²) in [6.07, 6.45) is 28.3. The second-order valence-electron chi connectivity index (χ2n) is 28.2. The molecule has 6 rings (SSSR count). The van der Waals surface area contributed by atoms with Crippen LogP contribution in [0.2, 0.25) is 0 Å². The van der Waals surface area contributed by atoms with Crippen LogP contribution in [0.5, 0.6) is 0 Å². The maximum absolute atomic E-state index is 12.4. The van der Waals surface area contributed by atoms with Crippen molar-refractivity contribution in [1.82, 2.24) is 0 Å². The molecule has 38 heteroatoms. The molecule has 0 aromatic carbocycles. The number of hydrogen-bond acceptors (Lipinski definition) is 7. The third-order valence-electron chi connectivity index (χ3n) is 19.7. The molecule has 6 saturated carbocycles. The van der Waals surface area contributed by atoms with Gasteiger partial charge >= 0.3 is 0 Å². The van der Waals surface area contributed by atoms with Crippen molar-refractivity contribution in [2.24, 2.45) is 46.3 Å². The maximum atomic E-state index is 12.4. The Morgan fingerprint density at radius 2 is 0.968 bits per heavy atom. The van der Waals surface area contributed by atoms with E-state index in [0.29, 0.717) is 61.9 Å². The molecule has 19 unspecified atom stereocenters. The fraction of sp³-hybridized carbons (Fsp3) is 0.702. The molecule has 3 radical (unpaired) electrons. The second kappa shape index (κ2) is 45.7. The Morgan fingerprint density at radius 3 is 1.33 bits per heavy atom. The van der Waals surface area contributed by atoms with Crippen LogP contribution in [0, 0.1) is 51.5 Å². The van der Waals surface area contributed by atoms with Gasteiger partial charge < -0.3 is 15.3 Å². The summed E-state index contributed by atoms with van der Waals surface area (Å²) in [5, 5.41) is 35.2. The average molecular weight is 1910 g/mol.